The summed E-state index contributed by atoms with van der Waals surface area (Å²) in [5.74, 6) is -0.538. The second kappa shape index (κ2) is 5.73. The second-order valence-corrected chi connectivity index (χ2v) is 3.87. The molecular weight excluding hydrogens is 237 g/mol. The van der Waals surface area contributed by atoms with Gasteiger partial charge in [0.25, 0.3) is 0 Å². The Morgan fingerprint density at radius 1 is 1.33 bits per heavy atom. The number of carbonyl (C=O) groups is 1. The van der Waals surface area contributed by atoms with Crippen LogP contribution in [0.25, 0.3) is 0 Å². The van der Waals surface area contributed by atoms with E-state index >= 15 is 0 Å². The predicted octanol–water partition coefficient (Wildman–Crippen LogP) is 3.02. The van der Waals surface area contributed by atoms with E-state index in [1.807, 2.05) is 0 Å². The average Bonchev–Trinajstić information content (AvgIpc) is 2.26. The van der Waals surface area contributed by atoms with Crippen LogP contribution in [0, 0.1) is 0 Å². The lowest BCUT2D eigenvalue weighted by atomic mass is 10.2. The summed E-state index contributed by atoms with van der Waals surface area (Å²) in [6, 6.07) is 8.54. The first-order chi connectivity index (χ1) is 7.11. The van der Waals surface area contributed by atoms with E-state index in [4.69, 9.17) is 23.2 Å². The van der Waals surface area contributed by atoms with Crippen molar-refractivity contribution in [1.82, 2.24) is 0 Å². The van der Waals surface area contributed by atoms with E-state index in [1.54, 1.807) is 37.3 Å². The van der Waals surface area contributed by atoms with Crippen molar-refractivity contribution in [3.05, 3.63) is 35.9 Å². The van der Waals surface area contributed by atoms with E-state index in [0.29, 0.717) is 11.3 Å². The number of carbonyl (C=O) groups excluding carboxylic acids is 1. The lowest BCUT2D eigenvalue weighted by Gasteiger charge is -2.00. The molecule has 0 N–H and O–H groups in total. The molecule has 0 atom stereocenters. The predicted molar refractivity (Wildman–Crippen MR) is 60.5 cm³/mol. The maximum absolute atomic E-state index is 11.4. The van der Waals surface area contributed by atoms with Gasteiger partial charge in [-0.2, -0.15) is 0 Å². The highest BCUT2D eigenvalue weighted by molar-refractivity contribution is 6.54. The fourth-order valence-corrected chi connectivity index (χ4v) is 0.860. The molecule has 80 valence electrons. The van der Waals surface area contributed by atoms with E-state index < -0.39 is 10.8 Å². The van der Waals surface area contributed by atoms with Crippen molar-refractivity contribution in [2.24, 2.45) is 5.16 Å². The van der Waals surface area contributed by atoms with Crippen molar-refractivity contribution < 1.29 is 9.63 Å². The summed E-state index contributed by atoms with van der Waals surface area (Å²) in [5.41, 5.74) is 0.761. The molecule has 0 amide bonds. The van der Waals surface area contributed by atoms with Crippen molar-refractivity contribution in [1.29, 1.82) is 0 Å². The zero-order valence-corrected chi connectivity index (χ0v) is 9.50. The molecule has 0 unspecified atom stereocenters. The molecule has 1 aromatic carbocycles. The van der Waals surface area contributed by atoms with Gasteiger partial charge >= 0.3 is 5.97 Å². The van der Waals surface area contributed by atoms with E-state index in [9.17, 15) is 4.79 Å². The Hall–Kier alpha value is -1.06. The number of halogens is 2. The molecular formula is C10H9Cl2NO2. The summed E-state index contributed by atoms with van der Waals surface area (Å²) in [6.45, 7) is 1.57. The van der Waals surface area contributed by atoms with E-state index in [-0.39, 0.29) is 0 Å². The molecule has 0 spiro atoms. The van der Waals surface area contributed by atoms with Crippen molar-refractivity contribution in [2.75, 3.05) is 0 Å². The van der Waals surface area contributed by atoms with Gasteiger partial charge in [0.2, 0.25) is 0 Å². The summed E-state index contributed by atoms with van der Waals surface area (Å²) in [6.07, 6.45) is 0. The number of hydrogen-bond donors (Lipinski definition) is 0. The topological polar surface area (TPSA) is 38.7 Å². The Labute approximate surface area is 97.6 Å². The minimum atomic E-state index is -0.770. The van der Waals surface area contributed by atoms with Crippen LogP contribution in [0.3, 0.4) is 0 Å². The highest BCUT2D eigenvalue weighted by Gasteiger charge is 2.08. The molecule has 5 heteroatoms. The van der Waals surface area contributed by atoms with Crippen LogP contribution in [0.15, 0.2) is 35.5 Å². The summed E-state index contributed by atoms with van der Waals surface area (Å²) in [5, 5.41) is 3.50. The molecule has 0 heterocycles. The molecule has 0 aliphatic rings. The zero-order chi connectivity index (χ0) is 11.3. The smallest absolute Gasteiger partial charge is 0.313 e. The van der Waals surface area contributed by atoms with Gasteiger partial charge in [0.1, 0.15) is 4.84 Å². The third-order valence-corrected chi connectivity index (χ3v) is 2.23. The number of alkyl halides is 2. The Bertz CT molecular complexity index is 363. The quantitative estimate of drug-likeness (QED) is 0.356. The van der Waals surface area contributed by atoms with Crippen LogP contribution in [0.1, 0.15) is 17.3 Å². The molecule has 1 rings (SSSR count). The first-order valence-electron chi connectivity index (χ1n) is 4.20. The molecule has 0 fully saturated rings. The minimum absolute atomic E-state index is 0.336. The van der Waals surface area contributed by atoms with Gasteiger partial charge in [-0.05, 0) is 19.1 Å². The zero-order valence-electron chi connectivity index (χ0n) is 7.98. The van der Waals surface area contributed by atoms with Crippen LogP contribution in [0.5, 0.6) is 0 Å². The fraction of sp³-hybridized carbons (Fsp3) is 0.200. The van der Waals surface area contributed by atoms with Gasteiger partial charge in [-0.15, -0.1) is 0 Å². The van der Waals surface area contributed by atoms with Crippen LogP contribution in [0.4, 0.5) is 0 Å². The first-order valence-corrected chi connectivity index (χ1v) is 5.07. The van der Waals surface area contributed by atoms with Gasteiger partial charge in [-0.25, -0.2) is 4.79 Å². The Morgan fingerprint density at radius 2 is 1.93 bits per heavy atom. The Kier molecular flexibility index (Phi) is 4.59. The van der Waals surface area contributed by atoms with Crippen molar-refractivity contribution in [3.8, 4) is 0 Å². The molecule has 0 aromatic heterocycles. The molecule has 3 nitrogen and oxygen atoms in total. The van der Waals surface area contributed by atoms with Gasteiger partial charge in [0.15, 0.2) is 0 Å². The van der Waals surface area contributed by atoms with Crippen LogP contribution in [-0.2, 0) is 4.84 Å². The van der Waals surface area contributed by atoms with Crippen molar-refractivity contribution >= 4 is 34.9 Å². The molecule has 0 aliphatic heterocycles. The average molecular weight is 246 g/mol. The third kappa shape index (κ3) is 3.90. The molecule has 1 aromatic rings. The van der Waals surface area contributed by atoms with Gasteiger partial charge in [-0.3, -0.25) is 0 Å². The Morgan fingerprint density at radius 3 is 2.47 bits per heavy atom. The van der Waals surface area contributed by atoms with Crippen LogP contribution in [-0.4, -0.2) is 16.5 Å². The molecule has 0 saturated heterocycles. The maximum Gasteiger partial charge on any atom is 0.365 e. The highest BCUT2D eigenvalue weighted by Crippen LogP contribution is 2.06. The largest absolute Gasteiger partial charge is 0.365 e. The van der Waals surface area contributed by atoms with Gasteiger partial charge in [-0.1, -0.05) is 46.6 Å². The van der Waals surface area contributed by atoms with E-state index in [1.165, 1.54) is 0 Å². The SMILES string of the molecule is C/C(=N\OC(=O)c1ccccc1)C(Cl)Cl. The first kappa shape index (κ1) is 12.0. The molecule has 0 saturated carbocycles. The fourth-order valence-electron chi connectivity index (χ4n) is 0.780. The summed E-state index contributed by atoms with van der Waals surface area (Å²) in [4.78, 5) is 15.2. The number of rotatable bonds is 3. The van der Waals surface area contributed by atoms with Crippen LogP contribution >= 0.6 is 23.2 Å². The maximum atomic E-state index is 11.4. The van der Waals surface area contributed by atoms with Crippen molar-refractivity contribution in [3.63, 3.8) is 0 Å². The minimum Gasteiger partial charge on any atom is -0.313 e. The number of oxime groups is 1. The summed E-state index contributed by atoms with van der Waals surface area (Å²) < 4.78 is 0. The standard InChI is InChI=1S/C10H9Cl2NO2/c1-7(9(11)12)13-15-10(14)8-5-3-2-4-6-8/h2-6,9H,1H3/b13-7+. The van der Waals surface area contributed by atoms with Crippen LogP contribution < -0.4 is 0 Å². The molecule has 0 radical (unpaired) electrons. The van der Waals surface area contributed by atoms with Gasteiger partial charge in [0, 0.05) is 0 Å². The van der Waals surface area contributed by atoms with Crippen molar-refractivity contribution in [2.45, 2.75) is 11.8 Å². The van der Waals surface area contributed by atoms with Gasteiger partial charge < -0.3 is 4.84 Å². The van der Waals surface area contributed by atoms with Gasteiger partial charge in [0.05, 0.1) is 11.3 Å². The number of hydrogen-bond acceptors (Lipinski definition) is 3. The third-order valence-electron chi connectivity index (χ3n) is 1.60. The second-order valence-electron chi connectivity index (χ2n) is 2.78. The molecule has 0 aliphatic carbocycles. The van der Waals surface area contributed by atoms with E-state index in [2.05, 4.69) is 9.99 Å². The lowest BCUT2D eigenvalue weighted by molar-refractivity contribution is 0.0515. The highest BCUT2D eigenvalue weighted by atomic mass is 35.5. The molecule has 15 heavy (non-hydrogen) atoms. The Balaban J connectivity index is 2.62. The number of benzene rings is 1. The summed E-state index contributed by atoms with van der Waals surface area (Å²) in [7, 11) is 0. The monoisotopic (exact) mass is 245 g/mol. The van der Waals surface area contributed by atoms with Crippen LogP contribution in [0.2, 0.25) is 0 Å². The molecule has 0 bridgehead atoms. The normalized spacial score (nSPS) is 11.6. The van der Waals surface area contributed by atoms with E-state index in [0.717, 1.165) is 0 Å². The summed E-state index contributed by atoms with van der Waals surface area (Å²) >= 11 is 11.0. The number of nitrogens with zero attached hydrogens (tertiary/aromatic N) is 1. The lowest BCUT2D eigenvalue weighted by Crippen LogP contribution is -2.07.